The molecule has 2 aromatic rings. The molecule has 2 aliphatic rings. The number of likely N-dealkylation sites (tertiary alicyclic amines) is 1. The van der Waals surface area contributed by atoms with Crippen LogP contribution in [0.2, 0.25) is 0 Å². The van der Waals surface area contributed by atoms with Gasteiger partial charge in [0.2, 0.25) is 11.8 Å². The number of rotatable bonds is 5. The molecule has 0 radical (unpaired) electrons. The maximum atomic E-state index is 13.5. The van der Waals surface area contributed by atoms with E-state index in [0.29, 0.717) is 13.0 Å². The van der Waals surface area contributed by atoms with Gasteiger partial charge in [0.1, 0.15) is 0 Å². The molecule has 1 aliphatic heterocycles. The van der Waals surface area contributed by atoms with Crippen molar-refractivity contribution in [2.45, 2.75) is 38.5 Å². The summed E-state index contributed by atoms with van der Waals surface area (Å²) in [6, 6.07) is 12.4. The Bertz CT molecular complexity index is 985. The number of pyridine rings is 1. The van der Waals surface area contributed by atoms with Gasteiger partial charge in [-0.2, -0.15) is 0 Å². The first kappa shape index (κ1) is 22.3. The van der Waals surface area contributed by atoms with E-state index in [1.807, 2.05) is 43.4 Å². The summed E-state index contributed by atoms with van der Waals surface area (Å²) in [5.41, 5.74) is 2.69. The average molecular weight is 432 g/mol. The summed E-state index contributed by atoms with van der Waals surface area (Å²) >= 11 is 0. The largest absolute Gasteiger partial charge is 0.348 e. The molecular formula is C27H33N3O2. The van der Waals surface area contributed by atoms with Crippen molar-refractivity contribution in [1.82, 2.24) is 14.8 Å². The first-order valence-electron chi connectivity index (χ1n) is 11.6. The molecule has 1 saturated heterocycles. The first-order valence-corrected chi connectivity index (χ1v) is 11.6. The molecule has 5 nitrogen and oxygen atoms in total. The van der Waals surface area contributed by atoms with Crippen LogP contribution in [0.1, 0.15) is 37.7 Å². The molecular weight excluding hydrogens is 398 g/mol. The lowest BCUT2D eigenvalue weighted by molar-refractivity contribution is -0.149. The minimum Gasteiger partial charge on any atom is -0.348 e. The highest BCUT2D eigenvalue weighted by atomic mass is 16.2. The molecule has 0 N–H and O–H groups in total. The van der Waals surface area contributed by atoms with Gasteiger partial charge >= 0.3 is 0 Å². The van der Waals surface area contributed by atoms with Crippen LogP contribution in [-0.2, 0) is 16.0 Å². The lowest BCUT2D eigenvalue weighted by Crippen LogP contribution is -2.55. The molecule has 2 atom stereocenters. The van der Waals surface area contributed by atoms with E-state index in [2.05, 4.69) is 35.3 Å². The summed E-state index contributed by atoms with van der Waals surface area (Å²) in [4.78, 5) is 34.7. The van der Waals surface area contributed by atoms with Crippen LogP contribution in [0.15, 0.2) is 60.9 Å². The summed E-state index contributed by atoms with van der Waals surface area (Å²) < 4.78 is 0. The van der Waals surface area contributed by atoms with Crippen molar-refractivity contribution in [3.63, 3.8) is 0 Å². The van der Waals surface area contributed by atoms with Gasteiger partial charge in [0.25, 0.3) is 0 Å². The molecule has 0 unspecified atom stereocenters. The van der Waals surface area contributed by atoms with Crippen molar-refractivity contribution >= 4 is 11.8 Å². The number of amides is 2. The average Bonchev–Trinajstić information content (AvgIpc) is 2.84. The second-order valence-electron chi connectivity index (χ2n) is 9.44. The lowest BCUT2D eigenvalue weighted by atomic mass is 9.73. The quantitative estimate of drug-likeness (QED) is 0.662. The number of nitrogens with zero attached hydrogens (tertiary/aromatic N) is 3. The number of hydrogen-bond donors (Lipinski definition) is 0. The number of hydrogen-bond acceptors (Lipinski definition) is 3. The molecule has 0 saturated carbocycles. The van der Waals surface area contributed by atoms with E-state index >= 15 is 0 Å². The van der Waals surface area contributed by atoms with Gasteiger partial charge in [-0.25, -0.2) is 0 Å². The Morgan fingerprint density at radius 3 is 2.72 bits per heavy atom. The fourth-order valence-corrected chi connectivity index (χ4v) is 5.25. The van der Waals surface area contributed by atoms with E-state index in [0.717, 1.165) is 55.3 Å². The molecule has 32 heavy (non-hydrogen) atoms. The standard InChI is InChI=1S/C27H33N3O2/c1-29(2)26(32)27(14-8-16-30(20-27)25(31)22-10-4-3-5-11-22)18-21-9-6-12-23(17-21)24-13-7-15-28-19-24/h3-4,6-7,9,12-13,15,17,19,22H,5,8,10-11,14,16,18,20H2,1-2H3/t22-,27-/m0/s1. The zero-order valence-electron chi connectivity index (χ0n) is 19.2. The smallest absolute Gasteiger partial charge is 0.230 e. The van der Waals surface area contributed by atoms with E-state index in [1.165, 1.54) is 0 Å². The highest BCUT2D eigenvalue weighted by Crippen LogP contribution is 2.37. The molecule has 4 rings (SSSR count). The minimum absolute atomic E-state index is 0.0548. The van der Waals surface area contributed by atoms with Crippen molar-refractivity contribution in [3.05, 3.63) is 66.5 Å². The van der Waals surface area contributed by atoms with Gasteiger partial charge in [0.05, 0.1) is 5.41 Å². The molecule has 1 aromatic heterocycles. The molecule has 1 fully saturated rings. The number of allylic oxidation sites excluding steroid dienone is 2. The van der Waals surface area contributed by atoms with Gasteiger partial charge in [0.15, 0.2) is 0 Å². The molecule has 2 heterocycles. The lowest BCUT2D eigenvalue weighted by Gasteiger charge is -2.44. The highest BCUT2D eigenvalue weighted by molar-refractivity contribution is 5.85. The summed E-state index contributed by atoms with van der Waals surface area (Å²) in [7, 11) is 3.64. The van der Waals surface area contributed by atoms with Crippen LogP contribution < -0.4 is 0 Å². The maximum Gasteiger partial charge on any atom is 0.230 e. The molecule has 168 valence electrons. The fraction of sp³-hybridized carbons (Fsp3) is 0.444. The van der Waals surface area contributed by atoms with E-state index in [4.69, 9.17) is 0 Å². The Morgan fingerprint density at radius 1 is 1.16 bits per heavy atom. The summed E-state index contributed by atoms with van der Waals surface area (Å²) in [6.45, 7) is 1.25. The van der Waals surface area contributed by atoms with Crippen molar-refractivity contribution in [2.24, 2.45) is 11.3 Å². The van der Waals surface area contributed by atoms with Gasteiger partial charge in [-0.15, -0.1) is 0 Å². The minimum atomic E-state index is -0.588. The molecule has 1 aliphatic carbocycles. The fourth-order valence-electron chi connectivity index (χ4n) is 5.25. The number of benzene rings is 1. The summed E-state index contributed by atoms with van der Waals surface area (Å²) in [5.74, 6) is 0.388. The number of carbonyl (C=O) groups excluding carboxylic acids is 2. The third kappa shape index (κ3) is 4.77. The van der Waals surface area contributed by atoms with Crippen LogP contribution in [-0.4, -0.2) is 53.8 Å². The maximum absolute atomic E-state index is 13.5. The van der Waals surface area contributed by atoms with Crippen LogP contribution in [0.4, 0.5) is 0 Å². The van der Waals surface area contributed by atoms with Crippen LogP contribution in [0.5, 0.6) is 0 Å². The summed E-state index contributed by atoms with van der Waals surface area (Å²) in [5, 5.41) is 0. The van der Waals surface area contributed by atoms with Crippen molar-refractivity contribution in [1.29, 1.82) is 0 Å². The zero-order valence-corrected chi connectivity index (χ0v) is 19.2. The zero-order chi connectivity index (χ0) is 22.6. The van der Waals surface area contributed by atoms with Gasteiger partial charge < -0.3 is 9.80 Å². The Labute approximate surface area is 191 Å². The molecule has 5 heteroatoms. The second-order valence-corrected chi connectivity index (χ2v) is 9.44. The van der Waals surface area contributed by atoms with Gasteiger partial charge in [-0.3, -0.25) is 14.6 Å². The van der Waals surface area contributed by atoms with Crippen molar-refractivity contribution in [2.75, 3.05) is 27.2 Å². The second kappa shape index (κ2) is 9.68. The highest BCUT2D eigenvalue weighted by Gasteiger charge is 2.45. The first-order chi connectivity index (χ1) is 15.5. The van der Waals surface area contributed by atoms with Gasteiger partial charge in [-0.1, -0.05) is 42.5 Å². The normalized spacial score (nSPS) is 23.1. The van der Waals surface area contributed by atoms with Gasteiger partial charge in [-0.05, 0) is 61.3 Å². The Morgan fingerprint density at radius 2 is 2.00 bits per heavy atom. The summed E-state index contributed by atoms with van der Waals surface area (Å²) in [6.07, 6.45) is 12.9. The van der Waals surface area contributed by atoms with E-state index in [-0.39, 0.29) is 17.7 Å². The van der Waals surface area contributed by atoms with E-state index < -0.39 is 5.41 Å². The Hall–Kier alpha value is -2.95. The van der Waals surface area contributed by atoms with Crippen molar-refractivity contribution < 1.29 is 9.59 Å². The molecule has 0 spiro atoms. The topological polar surface area (TPSA) is 53.5 Å². The van der Waals surface area contributed by atoms with E-state index in [9.17, 15) is 9.59 Å². The van der Waals surface area contributed by atoms with Crippen LogP contribution in [0.25, 0.3) is 11.1 Å². The molecule has 2 amide bonds. The van der Waals surface area contributed by atoms with Gasteiger partial charge in [0, 0.05) is 45.5 Å². The monoisotopic (exact) mass is 431 g/mol. The van der Waals surface area contributed by atoms with Crippen LogP contribution >= 0.6 is 0 Å². The molecule has 0 bridgehead atoms. The SMILES string of the molecule is CN(C)C(=O)[C@]1(Cc2cccc(-c3cccnc3)c2)CCCN(C(=O)[C@H]2CC=CCC2)C1. The number of aromatic nitrogens is 1. The third-order valence-electron chi connectivity index (χ3n) is 6.83. The third-order valence-corrected chi connectivity index (χ3v) is 6.83. The predicted octanol–water partition coefficient (Wildman–Crippen LogP) is 4.34. The molecule has 1 aromatic carbocycles. The number of piperidine rings is 1. The van der Waals surface area contributed by atoms with Crippen LogP contribution in [0.3, 0.4) is 0 Å². The van der Waals surface area contributed by atoms with Crippen LogP contribution in [0, 0.1) is 11.3 Å². The van der Waals surface area contributed by atoms with E-state index in [1.54, 1.807) is 11.1 Å². The van der Waals surface area contributed by atoms with Crippen molar-refractivity contribution in [3.8, 4) is 11.1 Å². The Kier molecular flexibility index (Phi) is 6.73. The number of carbonyl (C=O) groups is 2. The Balaban J connectivity index is 1.60. The predicted molar refractivity (Wildman–Crippen MR) is 127 cm³/mol.